The Hall–Kier alpha value is -0.160. The van der Waals surface area contributed by atoms with Crippen LogP contribution >= 0.6 is 0 Å². The fraction of sp³-hybridized carbons (Fsp3) is 1.00. The summed E-state index contributed by atoms with van der Waals surface area (Å²) in [7, 11) is 1.91. The Labute approximate surface area is 170 Å². The lowest BCUT2D eigenvalue weighted by atomic mass is 9.42. The molecule has 4 saturated carbocycles. The number of aliphatic hydroxyl groups excluding tert-OH is 1. The smallest absolute Gasteiger partial charge is 0.168 e. The maximum absolute atomic E-state index is 11.2. The maximum Gasteiger partial charge on any atom is 0.168 e. The Morgan fingerprint density at radius 3 is 2.32 bits per heavy atom. The summed E-state index contributed by atoms with van der Waals surface area (Å²) in [5.41, 5.74) is 0.347. The second kappa shape index (κ2) is 6.42. The molecule has 1 aliphatic heterocycles. The Bertz CT molecular complexity index is 614. The Kier molecular flexibility index (Phi) is 4.53. The van der Waals surface area contributed by atoms with E-state index in [4.69, 9.17) is 14.2 Å². The van der Waals surface area contributed by atoms with Crippen LogP contribution in [0.5, 0.6) is 0 Å². The van der Waals surface area contributed by atoms with Crippen molar-refractivity contribution >= 4 is 0 Å². The molecule has 1 spiro atoms. The normalized spacial score (nSPS) is 53.5. The van der Waals surface area contributed by atoms with E-state index < -0.39 is 0 Å². The quantitative estimate of drug-likeness (QED) is 0.750. The van der Waals surface area contributed by atoms with Gasteiger partial charge in [0, 0.05) is 25.4 Å². The zero-order valence-electron chi connectivity index (χ0n) is 18.3. The van der Waals surface area contributed by atoms with Gasteiger partial charge in [0.15, 0.2) is 5.79 Å². The Morgan fingerprint density at radius 1 is 0.929 bits per heavy atom. The van der Waals surface area contributed by atoms with Gasteiger partial charge in [0.05, 0.1) is 24.9 Å². The fourth-order valence-electron chi connectivity index (χ4n) is 9.07. The van der Waals surface area contributed by atoms with Crippen LogP contribution in [0, 0.1) is 34.5 Å². The van der Waals surface area contributed by atoms with E-state index in [0.29, 0.717) is 11.8 Å². The van der Waals surface area contributed by atoms with Crippen molar-refractivity contribution in [2.75, 3.05) is 20.3 Å². The summed E-state index contributed by atoms with van der Waals surface area (Å²) >= 11 is 0. The van der Waals surface area contributed by atoms with Crippen LogP contribution in [0.15, 0.2) is 0 Å². The summed E-state index contributed by atoms with van der Waals surface area (Å²) < 4.78 is 18.3. The van der Waals surface area contributed by atoms with E-state index in [1.54, 1.807) is 0 Å². The number of hydrogen-bond acceptors (Lipinski definition) is 4. The van der Waals surface area contributed by atoms with Gasteiger partial charge in [0.2, 0.25) is 0 Å². The van der Waals surface area contributed by atoms with Crippen LogP contribution in [0.4, 0.5) is 0 Å². The topological polar surface area (TPSA) is 47.9 Å². The molecule has 2 unspecified atom stereocenters. The second-order valence-electron chi connectivity index (χ2n) is 11.2. The van der Waals surface area contributed by atoms with Crippen molar-refractivity contribution < 1.29 is 19.3 Å². The number of hydrogen-bond donors (Lipinski definition) is 1. The van der Waals surface area contributed by atoms with Gasteiger partial charge in [-0.05, 0) is 87.9 Å². The van der Waals surface area contributed by atoms with Gasteiger partial charge in [-0.15, -0.1) is 0 Å². The molecule has 1 N–H and O–H groups in total. The molecule has 5 aliphatic rings. The van der Waals surface area contributed by atoms with E-state index in [1.165, 1.54) is 38.5 Å². The summed E-state index contributed by atoms with van der Waals surface area (Å²) in [6, 6.07) is 0. The fourth-order valence-corrected chi connectivity index (χ4v) is 9.07. The van der Waals surface area contributed by atoms with E-state index in [2.05, 4.69) is 20.8 Å². The van der Waals surface area contributed by atoms with Crippen molar-refractivity contribution in [2.24, 2.45) is 34.5 Å². The molecule has 4 heteroatoms. The van der Waals surface area contributed by atoms with Crippen molar-refractivity contribution in [1.29, 1.82) is 0 Å². The van der Waals surface area contributed by atoms with E-state index in [-0.39, 0.29) is 28.3 Å². The van der Waals surface area contributed by atoms with Gasteiger partial charge in [-0.25, -0.2) is 0 Å². The molecule has 160 valence electrons. The number of ether oxygens (including phenoxy) is 3. The highest BCUT2D eigenvalue weighted by atomic mass is 16.7. The minimum absolute atomic E-state index is 0.0135. The molecule has 0 bridgehead atoms. The predicted octanol–water partition coefficient (Wildman–Crippen LogP) is 4.54. The van der Waals surface area contributed by atoms with Crippen LogP contribution in [-0.4, -0.2) is 42.9 Å². The van der Waals surface area contributed by atoms with Gasteiger partial charge < -0.3 is 19.3 Å². The molecular formula is C24H40O4. The summed E-state index contributed by atoms with van der Waals surface area (Å²) in [6.45, 7) is 8.39. The van der Waals surface area contributed by atoms with Gasteiger partial charge >= 0.3 is 0 Å². The van der Waals surface area contributed by atoms with Crippen LogP contribution in [-0.2, 0) is 14.2 Å². The average molecular weight is 393 g/mol. The van der Waals surface area contributed by atoms with Crippen molar-refractivity contribution in [3.05, 3.63) is 0 Å². The first-order chi connectivity index (χ1) is 13.3. The number of fused-ring (bicyclic) bond motifs is 5. The average Bonchev–Trinajstić information content (AvgIpc) is 3.24. The molecule has 8 atom stereocenters. The molecule has 0 aromatic rings. The lowest BCUT2D eigenvalue weighted by Gasteiger charge is -2.64. The Morgan fingerprint density at radius 2 is 1.64 bits per heavy atom. The van der Waals surface area contributed by atoms with E-state index in [0.717, 1.165) is 44.3 Å². The van der Waals surface area contributed by atoms with Crippen molar-refractivity contribution in [1.82, 2.24) is 0 Å². The molecule has 4 aliphatic carbocycles. The molecule has 0 aromatic heterocycles. The minimum Gasteiger partial charge on any atom is -0.393 e. The molecule has 1 saturated heterocycles. The molecule has 4 nitrogen and oxygen atoms in total. The predicted molar refractivity (Wildman–Crippen MR) is 108 cm³/mol. The molecular weight excluding hydrogens is 352 g/mol. The highest BCUT2D eigenvalue weighted by molar-refractivity contribution is 5.15. The minimum atomic E-state index is -0.346. The highest BCUT2D eigenvalue weighted by Crippen LogP contribution is 2.70. The van der Waals surface area contributed by atoms with Gasteiger partial charge in [-0.3, -0.25) is 0 Å². The first-order valence-corrected chi connectivity index (χ1v) is 11.8. The van der Waals surface area contributed by atoms with Crippen molar-refractivity contribution in [3.63, 3.8) is 0 Å². The van der Waals surface area contributed by atoms with Crippen molar-refractivity contribution in [2.45, 2.75) is 96.1 Å². The zero-order valence-corrected chi connectivity index (χ0v) is 18.3. The maximum atomic E-state index is 11.2. The zero-order chi connectivity index (χ0) is 19.8. The second-order valence-corrected chi connectivity index (χ2v) is 11.2. The molecule has 1 heterocycles. The highest BCUT2D eigenvalue weighted by Gasteiger charge is 2.67. The lowest BCUT2D eigenvalue weighted by Crippen LogP contribution is -2.62. The van der Waals surface area contributed by atoms with Crippen LogP contribution in [0.25, 0.3) is 0 Å². The molecule has 5 fully saturated rings. The van der Waals surface area contributed by atoms with Gasteiger partial charge in [-0.2, -0.15) is 0 Å². The lowest BCUT2D eigenvalue weighted by molar-refractivity contribution is -0.253. The van der Waals surface area contributed by atoms with Gasteiger partial charge in [0.25, 0.3) is 0 Å². The number of methoxy groups -OCH3 is 1. The molecule has 0 aromatic carbocycles. The summed E-state index contributed by atoms with van der Waals surface area (Å²) in [5, 5.41) is 11.2. The third kappa shape index (κ3) is 2.38. The molecule has 5 rings (SSSR count). The SMILES string of the molecule is COC1(C)CC[C@H]2[C@@H]3CC[C@@H]4CC5(CC[C@]4(C(C)O)[C@H]3CC[C@@]21C)OCCO5. The van der Waals surface area contributed by atoms with Gasteiger partial charge in [0.1, 0.15) is 0 Å². The van der Waals surface area contributed by atoms with Crippen molar-refractivity contribution in [3.8, 4) is 0 Å². The monoisotopic (exact) mass is 392 g/mol. The third-order valence-electron chi connectivity index (χ3n) is 10.8. The summed E-state index contributed by atoms with van der Waals surface area (Å²) in [5.74, 6) is 2.30. The summed E-state index contributed by atoms with van der Waals surface area (Å²) in [4.78, 5) is 0. The first-order valence-electron chi connectivity index (χ1n) is 11.8. The molecule has 28 heavy (non-hydrogen) atoms. The van der Waals surface area contributed by atoms with E-state index in [1.807, 2.05) is 7.11 Å². The number of rotatable bonds is 2. The largest absolute Gasteiger partial charge is 0.393 e. The third-order valence-corrected chi connectivity index (χ3v) is 10.8. The van der Waals surface area contributed by atoms with E-state index >= 15 is 0 Å². The summed E-state index contributed by atoms with van der Waals surface area (Å²) in [6.07, 6.45) is 10.2. The molecule has 0 amide bonds. The van der Waals surface area contributed by atoms with Gasteiger partial charge in [-0.1, -0.05) is 6.92 Å². The standard InChI is InChI=1S/C24H40O4/c1-16(25)24-12-11-23(27-13-14-28-23)15-17(24)5-6-18-19-8-10-22(3,26-4)21(19,2)9-7-20(18)24/h16-20,25H,5-15H2,1-4H3/t16?,17-,18+,19+,20+,21+,22?,24-/m1/s1. The van der Waals surface area contributed by atoms with Crippen LogP contribution in [0.2, 0.25) is 0 Å². The number of aliphatic hydroxyl groups is 1. The van der Waals surface area contributed by atoms with Crippen LogP contribution < -0.4 is 0 Å². The first kappa shape index (κ1) is 19.8. The molecule has 0 radical (unpaired) electrons. The van der Waals surface area contributed by atoms with E-state index in [9.17, 15) is 5.11 Å². The van der Waals surface area contributed by atoms with Crippen LogP contribution in [0.3, 0.4) is 0 Å². The van der Waals surface area contributed by atoms with Crippen LogP contribution in [0.1, 0.15) is 78.6 Å². The Balaban J connectivity index is 1.47.